The first-order valence-electron chi connectivity index (χ1n) is 11.3. The van der Waals surface area contributed by atoms with Crippen LogP contribution in [-0.2, 0) is 6.42 Å². The zero-order chi connectivity index (χ0) is 26.6. The van der Waals surface area contributed by atoms with Gasteiger partial charge >= 0.3 is 0 Å². The summed E-state index contributed by atoms with van der Waals surface area (Å²) in [4.78, 5) is 4.43. The number of aryl methyl sites for hydroxylation is 1. The summed E-state index contributed by atoms with van der Waals surface area (Å²) in [7, 11) is 0. The minimum atomic E-state index is -0.707. The Bertz CT molecular complexity index is 1690. The van der Waals surface area contributed by atoms with Gasteiger partial charge < -0.3 is 13.6 Å². The smallest absolute Gasteiger partial charge is 0.269 e. The summed E-state index contributed by atoms with van der Waals surface area (Å²) in [5.41, 5.74) is 1.87. The second kappa shape index (κ2) is 10.9. The topological polar surface area (TPSA) is 98.0 Å². The SMILES string of the molecule is Cc1oc(/C=C/c2ccccc2)nc1-c1nnc(Cc2ccc(Cl)c(Oc3cc(Cl)cc(C#N)c3)c2F)o1. The Morgan fingerprint density at radius 1 is 1.03 bits per heavy atom. The van der Waals surface area contributed by atoms with Crippen molar-refractivity contribution in [2.75, 3.05) is 0 Å². The highest BCUT2D eigenvalue weighted by molar-refractivity contribution is 6.32. The molecule has 0 N–H and O–H groups in total. The molecular formula is C28H17Cl2FN4O3. The molecule has 0 saturated heterocycles. The number of aromatic nitrogens is 3. The van der Waals surface area contributed by atoms with Gasteiger partial charge in [-0.05, 0) is 42.8 Å². The fourth-order valence-corrected chi connectivity index (χ4v) is 4.02. The number of oxazole rings is 1. The molecule has 3 aromatic carbocycles. The van der Waals surface area contributed by atoms with Gasteiger partial charge in [-0.15, -0.1) is 10.2 Å². The number of nitrogens with zero attached hydrogens (tertiary/aromatic N) is 4. The van der Waals surface area contributed by atoms with Crippen molar-refractivity contribution in [3.63, 3.8) is 0 Å². The van der Waals surface area contributed by atoms with Crippen molar-refractivity contribution >= 4 is 35.4 Å². The van der Waals surface area contributed by atoms with Crippen LogP contribution < -0.4 is 4.74 Å². The Morgan fingerprint density at radius 2 is 1.84 bits per heavy atom. The molecule has 5 rings (SSSR count). The van der Waals surface area contributed by atoms with Gasteiger partial charge in [0.1, 0.15) is 11.5 Å². The molecule has 5 aromatic rings. The van der Waals surface area contributed by atoms with E-state index in [1.165, 1.54) is 30.3 Å². The van der Waals surface area contributed by atoms with Gasteiger partial charge in [0.25, 0.3) is 5.89 Å². The molecule has 0 bridgehead atoms. The third kappa shape index (κ3) is 5.59. The van der Waals surface area contributed by atoms with E-state index >= 15 is 4.39 Å². The monoisotopic (exact) mass is 546 g/mol. The molecule has 10 heteroatoms. The average molecular weight is 547 g/mol. The molecule has 0 fully saturated rings. The molecule has 0 spiro atoms. The molecule has 0 aliphatic carbocycles. The summed E-state index contributed by atoms with van der Waals surface area (Å²) in [6.07, 6.45) is 3.60. The number of benzene rings is 3. The van der Waals surface area contributed by atoms with Crippen molar-refractivity contribution in [1.29, 1.82) is 5.26 Å². The molecule has 2 heterocycles. The minimum absolute atomic E-state index is 0.0248. The van der Waals surface area contributed by atoms with Crippen LogP contribution in [0, 0.1) is 24.1 Å². The first-order chi connectivity index (χ1) is 18.4. The predicted octanol–water partition coefficient (Wildman–Crippen LogP) is 7.90. The van der Waals surface area contributed by atoms with Gasteiger partial charge in [-0.1, -0.05) is 59.6 Å². The third-order valence-corrected chi connectivity index (χ3v) is 5.91. The molecule has 188 valence electrons. The van der Waals surface area contributed by atoms with Gasteiger partial charge in [0, 0.05) is 16.7 Å². The quantitative estimate of drug-likeness (QED) is 0.204. The van der Waals surface area contributed by atoms with E-state index in [1.54, 1.807) is 13.0 Å². The van der Waals surface area contributed by atoms with Crippen molar-refractivity contribution in [1.82, 2.24) is 15.2 Å². The van der Waals surface area contributed by atoms with Gasteiger partial charge in [0.15, 0.2) is 17.3 Å². The van der Waals surface area contributed by atoms with E-state index < -0.39 is 5.82 Å². The molecule has 0 saturated carbocycles. The van der Waals surface area contributed by atoms with Gasteiger partial charge in [-0.3, -0.25) is 0 Å². The molecule has 0 aliphatic heterocycles. The van der Waals surface area contributed by atoms with Crippen molar-refractivity contribution in [3.05, 3.63) is 111 Å². The highest BCUT2D eigenvalue weighted by Crippen LogP contribution is 2.36. The maximum absolute atomic E-state index is 15.4. The molecule has 7 nitrogen and oxygen atoms in total. The van der Waals surface area contributed by atoms with Crippen LogP contribution in [-0.4, -0.2) is 15.2 Å². The zero-order valence-electron chi connectivity index (χ0n) is 19.8. The lowest BCUT2D eigenvalue weighted by molar-refractivity contribution is 0.437. The van der Waals surface area contributed by atoms with Crippen LogP contribution in [0.25, 0.3) is 23.7 Å². The summed E-state index contributed by atoms with van der Waals surface area (Å²) in [6, 6.07) is 19.1. The van der Waals surface area contributed by atoms with E-state index in [9.17, 15) is 0 Å². The lowest BCUT2D eigenvalue weighted by atomic mass is 10.1. The van der Waals surface area contributed by atoms with Crippen LogP contribution in [0.15, 0.2) is 69.5 Å². The Morgan fingerprint density at radius 3 is 2.63 bits per heavy atom. The molecule has 2 aromatic heterocycles. The van der Waals surface area contributed by atoms with Crippen LogP contribution >= 0.6 is 23.2 Å². The molecule has 0 amide bonds. The normalized spacial score (nSPS) is 11.1. The van der Waals surface area contributed by atoms with E-state index in [1.807, 2.05) is 42.5 Å². The van der Waals surface area contributed by atoms with E-state index in [2.05, 4.69) is 15.2 Å². The van der Waals surface area contributed by atoms with E-state index in [4.69, 9.17) is 42.0 Å². The zero-order valence-corrected chi connectivity index (χ0v) is 21.3. The first-order valence-corrected chi connectivity index (χ1v) is 12.0. The van der Waals surface area contributed by atoms with Gasteiger partial charge in [-0.25, -0.2) is 9.37 Å². The summed E-state index contributed by atoms with van der Waals surface area (Å²) in [5.74, 6) is 0.441. The van der Waals surface area contributed by atoms with Crippen molar-refractivity contribution in [2.24, 2.45) is 0 Å². The predicted molar refractivity (Wildman–Crippen MR) is 140 cm³/mol. The van der Waals surface area contributed by atoms with E-state index in [0.717, 1.165) is 5.56 Å². The summed E-state index contributed by atoms with van der Waals surface area (Å²) in [5, 5.41) is 17.5. The number of nitriles is 1. The highest BCUT2D eigenvalue weighted by Gasteiger charge is 2.20. The Balaban J connectivity index is 1.36. The van der Waals surface area contributed by atoms with Gasteiger partial charge in [0.05, 0.1) is 23.1 Å². The Kier molecular flexibility index (Phi) is 7.22. The average Bonchev–Trinajstić information content (AvgIpc) is 3.53. The van der Waals surface area contributed by atoms with Crippen molar-refractivity contribution in [2.45, 2.75) is 13.3 Å². The fourth-order valence-electron chi connectivity index (χ4n) is 3.61. The molecule has 0 aliphatic rings. The lowest BCUT2D eigenvalue weighted by Gasteiger charge is -2.11. The standard InChI is InChI=1S/C28H17Cl2FN4O3/c1-16-26(33-23(36-16)10-7-17-5-3-2-4-6-17)28-35-34-24(38-28)13-19-8-9-22(30)27(25(19)31)37-21-12-18(15-32)11-20(29)14-21/h2-12,14H,13H2,1H3/b10-7+. The van der Waals surface area contributed by atoms with Crippen LogP contribution in [0.1, 0.15) is 34.2 Å². The lowest BCUT2D eigenvalue weighted by Crippen LogP contribution is -1.98. The van der Waals surface area contributed by atoms with Crippen molar-refractivity contribution in [3.8, 4) is 29.2 Å². The first kappa shape index (κ1) is 25.2. The molecule has 38 heavy (non-hydrogen) atoms. The minimum Gasteiger partial charge on any atom is -0.453 e. The molecule has 0 atom stereocenters. The van der Waals surface area contributed by atoms with Gasteiger partial charge in [0.2, 0.25) is 11.8 Å². The summed E-state index contributed by atoms with van der Waals surface area (Å²) < 4.78 is 32.5. The maximum Gasteiger partial charge on any atom is 0.269 e. The van der Waals surface area contributed by atoms with E-state index in [-0.39, 0.29) is 50.9 Å². The number of halogens is 3. The molecule has 0 unspecified atom stereocenters. The second-order valence-corrected chi connectivity index (χ2v) is 8.96. The number of hydrogen-bond donors (Lipinski definition) is 0. The van der Waals surface area contributed by atoms with E-state index in [0.29, 0.717) is 17.3 Å². The van der Waals surface area contributed by atoms with Crippen LogP contribution in [0.3, 0.4) is 0 Å². The maximum atomic E-state index is 15.4. The van der Waals surface area contributed by atoms with Gasteiger partial charge in [-0.2, -0.15) is 5.26 Å². The summed E-state index contributed by atoms with van der Waals surface area (Å²) >= 11 is 12.2. The highest BCUT2D eigenvalue weighted by atomic mass is 35.5. The second-order valence-electron chi connectivity index (χ2n) is 8.12. The van der Waals surface area contributed by atoms with Crippen molar-refractivity contribution < 1.29 is 18.0 Å². The van der Waals surface area contributed by atoms with Crippen LogP contribution in [0.4, 0.5) is 4.39 Å². The fraction of sp³-hybridized carbons (Fsp3) is 0.0714. The number of hydrogen-bond acceptors (Lipinski definition) is 7. The van der Waals surface area contributed by atoms with Crippen LogP contribution in [0.5, 0.6) is 11.5 Å². The van der Waals surface area contributed by atoms with Crippen LogP contribution in [0.2, 0.25) is 10.0 Å². The summed E-state index contributed by atoms with van der Waals surface area (Å²) in [6.45, 7) is 1.74. The Labute approximate surface area is 226 Å². The molecular weight excluding hydrogens is 530 g/mol. The third-order valence-electron chi connectivity index (χ3n) is 5.39. The number of ether oxygens (including phenoxy) is 1. The largest absolute Gasteiger partial charge is 0.453 e. The molecule has 0 radical (unpaired) electrons. The number of rotatable bonds is 7. The Hall–Kier alpha value is -4.45.